The Labute approximate surface area is 162 Å². The minimum Gasteiger partial charge on any atom is -0.480 e. The Morgan fingerprint density at radius 1 is 1.19 bits per heavy atom. The van der Waals surface area contributed by atoms with Gasteiger partial charge in [0.1, 0.15) is 11.7 Å². The number of nitrogens with zero attached hydrogens (tertiary/aromatic N) is 3. The number of halogens is 1. The molecular weight excluding hydrogens is 370 g/mol. The molecule has 4 rings (SSSR count). The third kappa shape index (κ3) is 3.52. The predicted octanol–water partition coefficient (Wildman–Crippen LogP) is 2.05. The molecule has 8 heteroatoms. The summed E-state index contributed by atoms with van der Waals surface area (Å²) in [5, 5.41) is 10.1. The smallest absolute Gasteiger partial charge is 0.326 e. The molecule has 1 N–H and O–H groups in total. The number of carboxylic acids is 1. The fourth-order valence-electron chi connectivity index (χ4n) is 4.28. The first-order chi connectivity index (χ1) is 12.9. The van der Waals surface area contributed by atoms with E-state index in [2.05, 4.69) is 4.98 Å². The van der Waals surface area contributed by atoms with Crippen molar-refractivity contribution in [3.05, 3.63) is 29.0 Å². The molecule has 2 amide bonds. The molecule has 1 atom stereocenters. The third-order valence-corrected chi connectivity index (χ3v) is 6.28. The number of hydrogen-bond acceptors (Lipinski definition) is 4. The van der Waals surface area contributed by atoms with E-state index in [0.29, 0.717) is 49.6 Å². The zero-order valence-electron chi connectivity index (χ0n) is 14.9. The van der Waals surface area contributed by atoms with Gasteiger partial charge in [-0.15, -0.1) is 0 Å². The molecule has 0 radical (unpaired) electrons. The highest BCUT2D eigenvalue weighted by Gasteiger charge is 2.52. The number of piperidine rings is 1. The molecule has 1 aliphatic carbocycles. The van der Waals surface area contributed by atoms with E-state index in [0.717, 1.165) is 12.8 Å². The molecule has 0 unspecified atom stereocenters. The van der Waals surface area contributed by atoms with Crippen LogP contribution in [0.15, 0.2) is 18.3 Å². The quantitative estimate of drug-likeness (QED) is 0.851. The van der Waals surface area contributed by atoms with Gasteiger partial charge in [0, 0.05) is 31.7 Å². The molecule has 3 aliphatic rings. The zero-order chi connectivity index (χ0) is 19.2. The molecule has 27 heavy (non-hydrogen) atoms. The standard InChI is InChI=1S/C19H22ClN3O4/c20-13-3-4-14(21-10-13)17(25)22-7-5-19(6-8-22)9-15(18(26)27)23(11-19)16(24)12-1-2-12/h3-4,10,12,15H,1-2,5-9,11H2,(H,26,27)/t15-/m1/s1. The van der Waals surface area contributed by atoms with Gasteiger partial charge in [-0.25, -0.2) is 9.78 Å². The lowest BCUT2D eigenvalue weighted by atomic mass is 9.76. The second kappa shape index (κ2) is 6.78. The Balaban J connectivity index is 1.43. The van der Waals surface area contributed by atoms with Crippen LogP contribution in [0.4, 0.5) is 0 Å². The van der Waals surface area contributed by atoms with Crippen LogP contribution in [0.25, 0.3) is 0 Å². The molecule has 7 nitrogen and oxygen atoms in total. The van der Waals surface area contributed by atoms with E-state index in [-0.39, 0.29) is 23.1 Å². The minimum atomic E-state index is -0.926. The molecule has 1 aromatic rings. The van der Waals surface area contributed by atoms with Gasteiger partial charge in [0.15, 0.2) is 0 Å². The van der Waals surface area contributed by atoms with E-state index in [1.54, 1.807) is 21.9 Å². The van der Waals surface area contributed by atoms with Crippen LogP contribution in [0, 0.1) is 11.3 Å². The largest absolute Gasteiger partial charge is 0.480 e. The van der Waals surface area contributed by atoms with Crippen LogP contribution >= 0.6 is 11.6 Å². The van der Waals surface area contributed by atoms with Crippen molar-refractivity contribution in [2.24, 2.45) is 11.3 Å². The van der Waals surface area contributed by atoms with Crippen LogP contribution in [-0.4, -0.2) is 63.4 Å². The van der Waals surface area contributed by atoms with E-state index < -0.39 is 12.0 Å². The molecule has 1 saturated carbocycles. The summed E-state index contributed by atoms with van der Waals surface area (Å²) in [5.74, 6) is -1.06. The van der Waals surface area contributed by atoms with Gasteiger partial charge in [-0.1, -0.05) is 11.6 Å². The van der Waals surface area contributed by atoms with Crippen molar-refractivity contribution < 1.29 is 19.5 Å². The molecule has 3 heterocycles. The number of pyridine rings is 1. The average molecular weight is 392 g/mol. The van der Waals surface area contributed by atoms with Crippen LogP contribution in [0.1, 0.15) is 42.6 Å². The van der Waals surface area contributed by atoms with Gasteiger partial charge in [-0.3, -0.25) is 9.59 Å². The SMILES string of the molecule is O=C(O)[C@H]1CC2(CCN(C(=O)c3ccc(Cl)cn3)CC2)CN1C(=O)C1CC1. The van der Waals surface area contributed by atoms with Crippen molar-refractivity contribution >= 4 is 29.4 Å². The van der Waals surface area contributed by atoms with Crippen LogP contribution in [0.3, 0.4) is 0 Å². The summed E-state index contributed by atoms with van der Waals surface area (Å²) in [6.07, 6.45) is 5.06. The highest BCUT2D eigenvalue weighted by atomic mass is 35.5. The fraction of sp³-hybridized carbons (Fsp3) is 0.579. The Morgan fingerprint density at radius 3 is 2.44 bits per heavy atom. The highest BCUT2D eigenvalue weighted by molar-refractivity contribution is 6.30. The number of carboxylic acid groups (broad SMARTS) is 1. The van der Waals surface area contributed by atoms with E-state index in [4.69, 9.17) is 11.6 Å². The second-order valence-electron chi connectivity index (χ2n) is 7.95. The summed E-state index contributed by atoms with van der Waals surface area (Å²) in [7, 11) is 0. The van der Waals surface area contributed by atoms with Gasteiger partial charge in [0.05, 0.1) is 5.02 Å². The van der Waals surface area contributed by atoms with Crippen molar-refractivity contribution in [3.63, 3.8) is 0 Å². The van der Waals surface area contributed by atoms with E-state index in [9.17, 15) is 19.5 Å². The lowest BCUT2D eigenvalue weighted by Crippen LogP contribution is -2.45. The van der Waals surface area contributed by atoms with Gasteiger partial charge in [0.25, 0.3) is 5.91 Å². The number of rotatable bonds is 3. The Kier molecular flexibility index (Phi) is 4.58. The molecule has 2 saturated heterocycles. The van der Waals surface area contributed by atoms with Gasteiger partial charge in [-0.2, -0.15) is 0 Å². The van der Waals surface area contributed by atoms with Crippen LogP contribution in [0.5, 0.6) is 0 Å². The molecular formula is C19H22ClN3O4. The number of likely N-dealkylation sites (tertiary alicyclic amines) is 2. The normalized spacial score (nSPS) is 24.3. The Bertz CT molecular complexity index is 770. The third-order valence-electron chi connectivity index (χ3n) is 6.06. The van der Waals surface area contributed by atoms with Crippen LogP contribution < -0.4 is 0 Å². The van der Waals surface area contributed by atoms with Crippen molar-refractivity contribution in [1.82, 2.24) is 14.8 Å². The maximum absolute atomic E-state index is 12.6. The van der Waals surface area contributed by atoms with Gasteiger partial charge >= 0.3 is 5.97 Å². The fourth-order valence-corrected chi connectivity index (χ4v) is 4.40. The summed E-state index contributed by atoms with van der Waals surface area (Å²) in [6.45, 7) is 1.57. The van der Waals surface area contributed by atoms with Crippen molar-refractivity contribution in [2.75, 3.05) is 19.6 Å². The maximum atomic E-state index is 12.6. The summed E-state index contributed by atoms with van der Waals surface area (Å²) in [4.78, 5) is 44.2. The van der Waals surface area contributed by atoms with E-state index >= 15 is 0 Å². The van der Waals surface area contributed by atoms with Gasteiger partial charge in [-0.05, 0) is 49.7 Å². The molecule has 2 aliphatic heterocycles. The molecule has 3 fully saturated rings. The molecule has 0 bridgehead atoms. The summed E-state index contributed by atoms with van der Waals surface area (Å²) in [6, 6.07) is 2.52. The number of aromatic nitrogens is 1. The zero-order valence-corrected chi connectivity index (χ0v) is 15.7. The summed E-state index contributed by atoms with van der Waals surface area (Å²) < 4.78 is 0. The average Bonchev–Trinajstić information content (AvgIpc) is 3.44. The lowest BCUT2D eigenvalue weighted by Gasteiger charge is -2.39. The molecule has 1 aromatic heterocycles. The topological polar surface area (TPSA) is 90.8 Å². The first-order valence-electron chi connectivity index (χ1n) is 9.33. The van der Waals surface area contributed by atoms with Crippen LogP contribution in [-0.2, 0) is 9.59 Å². The van der Waals surface area contributed by atoms with E-state index in [1.807, 2.05) is 0 Å². The number of amides is 2. The monoisotopic (exact) mass is 391 g/mol. The van der Waals surface area contributed by atoms with Crippen LogP contribution in [0.2, 0.25) is 5.02 Å². The minimum absolute atomic E-state index is 0.0110. The molecule has 0 aromatic carbocycles. The lowest BCUT2D eigenvalue weighted by molar-refractivity contribution is -0.148. The number of carbonyl (C=O) groups is 3. The van der Waals surface area contributed by atoms with Crippen molar-refractivity contribution in [3.8, 4) is 0 Å². The first kappa shape index (κ1) is 18.2. The first-order valence-corrected chi connectivity index (χ1v) is 9.70. The predicted molar refractivity (Wildman–Crippen MR) is 97.3 cm³/mol. The highest BCUT2D eigenvalue weighted by Crippen LogP contribution is 2.45. The van der Waals surface area contributed by atoms with Crippen molar-refractivity contribution in [2.45, 2.75) is 38.1 Å². The Morgan fingerprint density at radius 2 is 1.89 bits per heavy atom. The number of carbonyl (C=O) groups excluding carboxylic acids is 2. The van der Waals surface area contributed by atoms with Crippen molar-refractivity contribution in [1.29, 1.82) is 0 Å². The summed E-state index contributed by atoms with van der Waals surface area (Å²) >= 11 is 5.82. The number of hydrogen-bond donors (Lipinski definition) is 1. The second-order valence-corrected chi connectivity index (χ2v) is 8.39. The van der Waals surface area contributed by atoms with Gasteiger partial charge < -0.3 is 14.9 Å². The molecule has 144 valence electrons. The van der Waals surface area contributed by atoms with Gasteiger partial charge in [0.2, 0.25) is 5.91 Å². The maximum Gasteiger partial charge on any atom is 0.326 e. The number of aliphatic carboxylic acids is 1. The van der Waals surface area contributed by atoms with E-state index in [1.165, 1.54) is 6.20 Å². The Hall–Kier alpha value is -2.15. The summed E-state index contributed by atoms with van der Waals surface area (Å²) in [5.41, 5.74) is 0.147. The molecule has 1 spiro atoms.